The molecule has 2 rings (SSSR count). The van der Waals surface area contributed by atoms with Gasteiger partial charge < -0.3 is 10.8 Å². The number of hydrogen-bond donors (Lipinski definition) is 2. The first-order valence-corrected chi connectivity index (χ1v) is 7.74. The van der Waals surface area contributed by atoms with Crippen LogP contribution in [0.25, 0.3) is 0 Å². The number of hydrogen-bond acceptors (Lipinski definition) is 4. The molecular formula is C14H24N2OS. The molecule has 1 aromatic heterocycles. The van der Waals surface area contributed by atoms with Crippen LogP contribution in [0, 0.1) is 5.92 Å². The Morgan fingerprint density at radius 2 is 2.44 bits per heavy atom. The Morgan fingerprint density at radius 1 is 1.61 bits per heavy atom. The standard InChI is InChI=1S/C14H24N2OS/c1-11(15)14(13-5-3-9-18-13)16-7-2-4-12(10-16)6-8-17/h3,5,9,11-12,14,17H,2,4,6-8,10,15H2,1H3. The third-order valence-electron chi connectivity index (χ3n) is 3.81. The van der Waals surface area contributed by atoms with Crippen LogP contribution in [0.3, 0.4) is 0 Å². The smallest absolute Gasteiger partial charge is 0.0590 e. The highest BCUT2D eigenvalue weighted by Crippen LogP contribution is 2.32. The molecule has 0 spiro atoms. The highest BCUT2D eigenvalue weighted by Gasteiger charge is 2.29. The van der Waals surface area contributed by atoms with Crippen LogP contribution < -0.4 is 5.73 Å². The summed E-state index contributed by atoms with van der Waals surface area (Å²) in [4.78, 5) is 3.88. The van der Waals surface area contributed by atoms with Gasteiger partial charge in [-0.15, -0.1) is 11.3 Å². The van der Waals surface area contributed by atoms with Crippen molar-refractivity contribution in [3.63, 3.8) is 0 Å². The van der Waals surface area contributed by atoms with E-state index < -0.39 is 0 Å². The van der Waals surface area contributed by atoms with Crippen molar-refractivity contribution in [2.24, 2.45) is 11.7 Å². The van der Waals surface area contributed by atoms with E-state index in [2.05, 4.69) is 29.3 Å². The number of aliphatic hydroxyl groups is 1. The van der Waals surface area contributed by atoms with Gasteiger partial charge in [0, 0.05) is 24.1 Å². The van der Waals surface area contributed by atoms with E-state index in [1.807, 2.05) is 0 Å². The molecule has 0 amide bonds. The second kappa shape index (κ2) is 6.66. The molecule has 0 bridgehead atoms. The first-order valence-electron chi connectivity index (χ1n) is 6.86. The van der Waals surface area contributed by atoms with Gasteiger partial charge >= 0.3 is 0 Å². The summed E-state index contributed by atoms with van der Waals surface area (Å²) < 4.78 is 0. The van der Waals surface area contributed by atoms with Gasteiger partial charge in [-0.3, -0.25) is 4.90 Å². The van der Waals surface area contributed by atoms with Crippen LogP contribution in [0.4, 0.5) is 0 Å². The second-order valence-electron chi connectivity index (χ2n) is 5.33. The van der Waals surface area contributed by atoms with Gasteiger partial charge in [-0.2, -0.15) is 0 Å². The minimum atomic E-state index is 0.150. The molecule has 18 heavy (non-hydrogen) atoms. The average molecular weight is 268 g/mol. The van der Waals surface area contributed by atoms with Gasteiger partial charge in [-0.05, 0) is 50.1 Å². The number of rotatable bonds is 5. The van der Waals surface area contributed by atoms with Crippen molar-refractivity contribution in [1.82, 2.24) is 4.90 Å². The molecule has 1 aromatic rings. The van der Waals surface area contributed by atoms with Gasteiger partial charge in [-0.1, -0.05) is 6.07 Å². The molecular weight excluding hydrogens is 244 g/mol. The van der Waals surface area contributed by atoms with E-state index in [0.717, 1.165) is 19.5 Å². The number of piperidine rings is 1. The number of nitrogens with zero attached hydrogens (tertiary/aromatic N) is 1. The molecule has 3 nitrogen and oxygen atoms in total. The monoisotopic (exact) mass is 268 g/mol. The van der Waals surface area contributed by atoms with Crippen molar-refractivity contribution in [3.8, 4) is 0 Å². The molecule has 0 aromatic carbocycles. The van der Waals surface area contributed by atoms with E-state index in [1.54, 1.807) is 11.3 Å². The molecule has 102 valence electrons. The summed E-state index contributed by atoms with van der Waals surface area (Å²) in [5.74, 6) is 0.630. The molecule has 1 aliphatic rings. The lowest BCUT2D eigenvalue weighted by Gasteiger charge is -2.39. The normalized spacial score (nSPS) is 24.9. The minimum absolute atomic E-state index is 0.150. The molecule has 1 fully saturated rings. The molecule has 3 atom stereocenters. The van der Waals surface area contributed by atoms with Crippen molar-refractivity contribution >= 4 is 11.3 Å². The number of thiophene rings is 1. The lowest BCUT2D eigenvalue weighted by Crippen LogP contribution is -2.44. The van der Waals surface area contributed by atoms with E-state index in [9.17, 15) is 0 Å². The zero-order valence-corrected chi connectivity index (χ0v) is 11.9. The molecule has 3 unspecified atom stereocenters. The Balaban J connectivity index is 2.06. The maximum absolute atomic E-state index is 9.10. The average Bonchev–Trinajstić information content (AvgIpc) is 2.83. The fourth-order valence-corrected chi connectivity index (χ4v) is 3.97. The van der Waals surface area contributed by atoms with Crippen LogP contribution >= 0.6 is 11.3 Å². The highest BCUT2D eigenvalue weighted by atomic mass is 32.1. The maximum Gasteiger partial charge on any atom is 0.0590 e. The molecule has 0 radical (unpaired) electrons. The molecule has 4 heteroatoms. The van der Waals surface area contributed by atoms with E-state index >= 15 is 0 Å². The maximum atomic E-state index is 9.10. The van der Waals surface area contributed by atoms with Crippen molar-refractivity contribution in [2.75, 3.05) is 19.7 Å². The fraction of sp³-hybridized carbons (Fsp3) is 0.714. The lowest BCUT2D eigenvalue weighted by molar-refractivity contribution is 0.0983. The molecule has 0 saturated carbocycles. The zero-order chi connectivity index (χ0) is 13.0. The molecule has 0 aliphatic carbocycles. The quantitative estimate of drug-likeness (QED) is 0.861. The molecule has 1 saturated heterocycles. The van der Waals surface area contributed by atoms with Gasteiger partial charge in [0.15, 0.2) is 0 Å². The molecule has 1 aliphatic heterocycles. The van der Waals surface area contributed by atoms with Crippen LogP contribution in [0.1, 0.15) is 37.1 Å². The summed E-state index contributed by atoms with van der Waals surface area (Å²) in [6.45, 7) is 4.61. The SMILES string of the molecule is CC(N)C(c1cccs1)N1CCCC(CCO)C1. The topological polar surface area (TPSA) is 49.5 Å². The van der Waals surface area contributed by atoms with E-state index in [0.29, 0.717) is 18.6 Å². The van der Waals surface area contributed by atoms with Crippen LogP contribution in [-0.4, -0.2) is 35.7 Å². The first-order chi connectivity index (χ1) is 8.72. The van der Waals surface area contributed by atoms with Crippen LogP contribution in [0.2, 0.25) is 0 Å². The third-order valence-corrected chi connectivity index (χ3v) is 4.76. The van der Waals surface area contributed by atoms with Gasteiger partial charge in [0.25, 0.3) is 0 Å². The summed E-state index contributed by atoms with van der Waals surface area (Å²) in [5, 5.41) is 11.2. The molecule has 3 N–H and O–H groups in total. The Labute approximate surface area is 114 Å². The lowest BCUT2D eigenvalue weighted by atomic mass is 9.92. The third kappa shape index (κ3) is 3.32. The van der Waals surface area contributed by atoms with Crippen molar-refractivity contribution in [1.29, 1.82) is 0 Å². The van der Waals surface area contributed by atoms with Crippen molar-refractivity contribution < 1.29 is 5.11 Å². The summed E-state index contributed by atoms with van der Waals surface area (Å²) >= 11 is 1.80. The van der Waals surface area contributed by atoms with Gasteiger partial charge in [0.05, 0.1) is 6.04 Å². The predicted molar refractivity (Wildman–Crippen MR) is 76.7 cm³/mol. The Hall–Kier alpha value is -0.420. The minimum Gasteiger partial charge on any atom is -0.396 e. The summed E-state index contributed by atoms with van der Waals surface area (Å²) in [6, 6.07) is 4.78. The number of likely N-dealkylation sites (tertiary alicyclic amines) is 1. The summed E-state index contributed by atoms with van der Waals surface area (Å²) in [6.07, 6.45) is 3.39. The Morgan fingerprint density at radius 3 is 3.06 bits per heavy atom. The largest absolute Gasteiger partial charge is 0.396 e. The van der Waals surface area contributed by atoms with E-state index in [1.165, 1.54) is 17.7 Å². The summed E-state index contributed by atoms with van der Waals surface area (Å²) in [7, 11) is 0. The Kier molecular flexibility index (Phi) is 5.18. The van der Waals surface area contributed by atoms with Gasteiger partial charge in [0.1, 0.15) is 0 Å². The van der Waals surface area contributed by atoms with Crippen LogP contribution in [0.15, 0.2) is 17.5 Å². The predicted octanol–water partition coefficient (Wildman–Crippen LogP) is 2.23. The first kappa shape index (κ1) is 14.0. The number of nitrogens with two attached hydrogens (primary N) is 1. The van der Waals surface area contributed by atoms with E-state index in [4.69, 9.17) is 10.8 Å². The molecule has 2 heterocycles. The highest BCUT2D eigenvalue weighted by molar-refractivity contribution is 7.10. The van der Waals surface area contributed by atoms with Gasteiger partial charge in [0.2, 0.25) is 0 Å². The van der Waals surface area contributed by atoms with E-state index in [-0.39, 0.29) is 6.04 Å². The fourth-order valence-electron chi connectivity index (χ4n) is 3.00. The number of aliphatic hydroxyl groups excluding tert-OH is 1. The zero-order valence-electron chi connectivity index (χ0n) is 11.1. The van der Waals surface area contributed by atoms with Crippen molar-refractivity contribution in [2.45, 2.75) is 38.3 Å². The van der Waals surface area contributed by atoms with Crippen LogP contribution in [-0.2, 0) is 0 Å². The van der Waals surface area contributed by atoms with Gasteiger partial charge in [-0.25, -0.2) is 0 Å². The van der Waals surface area contributed by atoms with Crippen molar-refractivity contribution in [3.05, 3.63) is 22.4 Å². The summed E-state index contributed by atoms with van der Waals surface area (Å²) in [5.41, 5.74) is 6.19. The Bertz CT molecular complexity index is 338. The van der Waals surface area contributed by atoms with Crippen LogP contribution in [0.5, 0.6) is 0 Å². The second-order valence-corrected chi connectivity index (χ2v) is 6.31.